The zero-order valence-corrected chi connectivity index (χ0v) is 23.5. The Hall–Kier alpha value is -3.75. The summed E-state index contributed by atoms with van der Waals surface area (Å²) in [4.78, 5) is 43.6. The summed E-state index contributed by atoms with van der Waals surface area (Å²) in [6.45, 7) is 4.04. The van der Waals surface area contributed by atoms with E-state index in [9.17, 15) is 19.5 Å². The van der Waals surface area contributed by atoms with Crippen LogP contribution in [-0.4, -0.2) is 58.1 Å². The van der Waals surface area contributed by atoms with E-state index < -0.39 is 35.6 Å². The number of aliphatic hydroxyl groups excluding tert-OH is 1. The van der Waals surface area contributed by atoms with Crippen molar-refractivity contribution >= 4 is 34.2 Å². The van der Waals surface area contributed by atoms with Gasteiger partial charge in [-0.05, 0) is 47.2 Å². The molecule has 3 heterocycles. The Morgan fingerprint density at radius 2 is 1.78 bits per heavy atom. The fraction of sp³-hybridized carbons (Fsp3) is 0.424. The molecule has 3 fully saturated rings. The fourth-order valence-corrected chi connectivity index (χ4v) is 7.24. The Bertz CT molecular complexity index is 1460. The summed E-state index contributed by atoms with van der Waals surface area (Å²) in [6, 6.07) is 21.7. The number of rotatable bonds is 9. The molecule has 1 spiro atoms. The van der Waals surface area contributed by atoms with Crippen molar-refractivity contribution in [1.29, 1.82) is 0 Å². The van der Waals surface area contributed by atoms with E-state index in [-0.39, 0.29) is 30.2 Å². The van der Waals surface area contributed by atoms with Crippen LogP contribution in [0.5, 0.6) is 0 Å². The highest BCUT2D eigenvalue weighted by Gasteiger charge is 2.75. The summed E-state index contributed by atoms with van der Waals surface area (Å²) in [5, 5.41) is 18.6. The van der Waals surface area contributed by atoms with Crippen LogP contribution in [0.25, 0.3) is 10.8 Å². The van der Waals surface area contributed by atoms with E-state index in [1.807, 2.05) is 86.6 Å². The summed E-state index contributed by atoms with van der Waals surface area (Å²) < 4.78 is 6.55. The van der Waals surface area contributed by atoms with Crippen LogP contribution in [-0.2, 0) is 25.7 Å². The molecule has 7 atom stereocenters. The summed E-state index contributed by atoms with van der Waals surface area (Å²) in [6.07, 6.45) is 1.37. The van der Waals surface area contributed by atoms with E-state index >= 15 is 0 Å². The molecule has 3 aliphatic rings. The molecule has 0 radical (unpaired) electrons. The molecule has 8 heteroatoms. The van der Waals surface area contributed by atoms with Gasteiger partial charge in [0.25, 0.3) is 0 Å². The predicted octanol–water partition coefficient (Wildman–Crippen LogP) is 3.88. The number of aliphatic hydroxyl groups is 1. The first-order chi connectivity index (χ1) is 19.9. The lowest BCUT2D eigenvalue weighted by molar-refractivity contribution is -0.145. The largest absolute Gasteiger partial charge is 0.394 e. The molecule has 41 heavy (non-hydrogen) atoms. The summed E-state index contributed by atoms with van der Waals surface area (Å²) in [7, 11) is 0. The number of anilines is 1. The molecule has 2 unspecified atom stereocenters. The Morgan fingerprint density at radius 1 is 1.05 bits per heavy atom. The van der Waals surface area contributed by atoms with Crippen LogP contribution in [0.2, 0.25) is 0 Å². The molecule has 8 nitrogen and oxygen atoms in total. The minimum Gasteiger partial charge on any atom is -0.394 e. The summed E-state index contributed by atoms with van der Waals surface area (Å²) >= 11 is 0. The average molecular weight is 556 g/mol. The molecule has 3 amide bonds. The third-order valence-electron chi connectivity index (χ3n) is 9.46. The molecule has 3 saturated heterocycles. The lowest BCUT2D eigenvalue weighted by Crippen LogP contribution is -2.57. The predicted molar refractivity (Wildman–Crippen MR) is 156 cm³/mol. The van der Waals surface area contributed by atoms with Gasteiger partial charge in [0.2, 0.25) is 17.7 Å². The van der Waals surface area contributed by atoms with Crippen LogP contribution in [0.4, 0.5) is 5.69 Å². The van der Waals surface area contributed by atoms with E-state index in [1.165, 1.54) is 0 Å². The van der Waals surface area contributed by atoms with Crippen LogP contribution in [0.1, 0.15) is 38.7 Å². The molecular weight excluding hydrogens is 518 g/mol. The lowest BCUT2D eigenvalue weighted by atomic mass is 9.70. The minimum absolute atomic E-state index is 0.0577. The Labute approximate surface area is 240 Å². The van der Waals surface area contributed by atoms with E-state index in [2.05, 4.69) is 10.6 Å². The van der Waals surface area contributed by atoms with E-state index in [0.29, 0.717) is 25.1 Å². The molecule has 0 aliphatic carbocycles. The second-order valence-corrected chi connectivity index (χ2v) is 11.7. The molecule has 3 aromatic carbocycles. The van der Waals surface area contributed by atoms with Gasteiger partial charge in [-0.2, -0.15) is 0 Å². The van der Waals surface area contributed by atoms with Crippen molar-refractivity contribution in [3.05, 3.63) is 78.4 Å². The summed E-state index contributed by atoms with van der Waals surface area (Å²) in [5.74, 6) is -2.43. The highest BCUT2D eigenvalue weighted by Crippen LogP contribution is 2.59. The quantitative estimate of drug-likeness (QED) is 0.372. The van der Waals surface area contributed by atoms with Gasteiger partial charge in [0.1, 0.15) is 11.6 Å². The first-order valence-electron chi connectivity index (χ1n) is 14.6. The highest BCUT2D eigenvalue weighted by atomic mass is 16.5. The molecule has 3 aliphatic heterocycles. The van der Waals surface area contributed by atoms with Crippen molar-refractivity contribution in [1.82, 2.24) is 10.2 Å². The average Bonchev–Trinajstić information content (AvgIpc) is 3.64. The molecule has 6 rings (SSSR count). The molecule has 214 valence electrons. The van der Waals surface area contributed by atoms with Crippen LogP contribution in [0, 0.1) is 17.8 Å². The summed E-state index contributed by atoms with van der Waals surface area (Å²) in [5.41, 5.74) is 0.455. The van der Waals surface area contributed by atoms with Gasteiger partial charge >= 0.3 is 0 Å². The Balaban J connectivity index is 1.33. The molecule has 0 aromatic heterocycles. The maximum Gasteiger partial charge on any atom is 0.250 e. The monoisotopic (exact) mass is 555 g/mol. The van der Waals surface area contributed by atoms with Crippen LogP contribution in [0.3, 0.4) is 0 Å². The third-order valence-corrected chi connectivity index (χ3v) is 9.46. The van der Waals surface area contributed by atoms with Gasteiger partial charge in [-0.15, -0.1) is 0 Å². The minimum atomic E-state index is -1.13. The molecule has 3 N–H and O–H groups in total. The van der Waals surface area contributed by atoms with Crippen molar-refractivity contribution in [2.24, 2.45) is 17.8 Å². The topological polar surface area (TPSA) is 108 Å². The smallest absolute Gasteiger partial charge is 0.250 e. The van der Waals surface area contributed by atoms with E-state index in [4.69, 9.17) is 4.74 Å². The van der Waals surface area contributed by atoms with Gasteiger partial charge in [-0.3, -0.25) is 14.4 Å². The van der Waals surface area contributed by atoms with Crippen molar-refractivity contribution in [3.63, 3.8) is 0 Å². The zero-order chi connectivity index (χ0) is 28.7. The number of ether oxygens (including phenoxy) is 1. The second-order valence-electron chi connectivity index (χ2n) is 11.7. The number of benzene rings is 3. The fourth-order valence-electron chi connectivity index (χ4n) is 7.24. The number of amides is 3. The number of fused-ring (bicyclic) bond motifs is 2. The molecule has 2 bridgehead atoms. The third kappa shape index (κ3) is 4.59. The SMILES string of the molecule is CC[C@H](C)[C@H](CO)N1C(=O)[C@@H]2[C@@H](C(=O)NCc3ccccc3)[C@H]3CCC2(O3)C1C(=O)Nc1ccc2ccccc2c1. The Morgan fingerprint density at radius 3 is 2.51 bits per heavy atom. The van der Waals surface area contributed by atoms with Crippen molar-refractivity contribution in [2.75, 3.05) is 11.9 Å². The molecule has 0 saturated carbocycles. The van der Waals surface area contributed by atoms with Gasteiger partial charge in [0.05, 0.1) is 30.6 Å². The lowest BCUT2D eigenvalue weighted by Gasteiger charge is -2.38. The van der Waals surface area contributed by atoms with Crippen LogP contribution in [0.15, 0.2) is 72.8 Å². The highest BCUT2D eigenvalue weighted by molar-refractivity contribution is 6.04. The Kier molecular flexibility index (Phi) is 7.30. The van der Waals surface area contributed by atoms with Gasteiger partial charge in [0.15, 0.2) is 0 Å². The van der Waals surface area contributed by atoms with Gasteiger partial charge in [-0.25, -0.2) is 0 Å². The number of hydrogen-bond acceptors (Lipinski definition) is 5. The van der Waals surface area contributed by atoms with Crippen molar-refractivity contribution in [3.8, 4) is 0 Å². The number of carbonyl (C=O) groups is 3. The number of carbonyl (C=O) groups excluding carboxylic acids is 3. The van der Waals surface area contributed by atoms with E-state index in [1.54, 1.807) is 4.90 Å². The van der Waals surface area contributed by atoms with Gasteiger partial charge < -0.3 is 25.4 Å². The maximum absolute atomic E-state index is 14.3. The van der Waals surface area contributed by atoms with E-state index in [0.717, 1.165) is 22.8 Å². The van der Waals surface area contributed by atoms with Crippen LogP contribution >= 0.6 is 0 Å². The number of nitrogens with one attached hydrogen (secondary N) is 2. The standard InChI is InChI=1S/C33H37N3O5/c1-3-20(2)25(19-37)36-29(31(39)35-24-14-13-22-11-7-8-12-23(22)17-24)33-16-15-26(41-33)27(28(33)32(36)40)30(38)34-18-21-9-5-4-6-10-21/h4-14,17,20,25-29,37H,3,15-16,18-19H2,1-2H3,(H,34,38)(H,35,39)/t20-,25-,26+,27-,28-,29?,33?/m0/s1. The number of likely N-dealkylation sites (tertiary alicyclic amines) is 1. The molecule has 3 aromatic rings. The van der Waals surface area contributed by atoms with Gasteiger partial charge in [-0.1, -0.05) is 80.9 Å². The van der Waals surface area contributed by atoms with Crippen molar-refractivity contribution in [2.45, 2.75) is 63.4 Å². The first kappa shape index (κ1) is 27.4. The van der Waals surface area contributed by atoms with Crippen molar-refractivity contribution < 1.29 is 24.2 Å². The zero-order valence-electron chi connectivity index (χ0n) is 23.5. The van der Waals surface area contributed by atoms with Crippen LogP contribution < -0.4 is 10.6 Å². The molecular formula is C33H37N3O5. The second kappa shape index (κ2) is 10.9. The number of hydrogen-bond donors (Lipinski definition) is 3. The van der Waals surface area contributed by atoms with Gasteiger partial charge in [0, 0.05) is 12.2 Å². The number of nitrogens with zero attached hydrogens (tertiary/aromatic N) is 1. The first-order valence-corrected chi connectivity index (χ1v) is 14.6. The normalized spacial score (nSPS) is 28.0. The maximum atomic E-state index is 14.3.